The quantitative estimate of drug-likeness (QED) is 0.842. The van der Waals surface area contributed by atoms with E-state index < -0.39 is 0 Å². The largest absolute Gasteiger partial charge is 0.388 e. The normalized spacial score (nSPS) is 15.0. The Balaban J connectivity index is 1.68. The topological polar surface area (TPSA) is 71.2 Å². The second kappa shape index (κ2) is 6.01. The van der Waals surface area contributed by atoms with Gasteiger partial charge in [-0.3, -0.25) is 0 Å². The Bertz CT molecular complexity index is 624. The van der Waals surface area contributed by atoms with Gasteiger partial charge in [-0.25, -0.2) is 15.0 Å². The first-order valence-corrected chi connectivity index (χ1v) is 7.18. The van der Waals surface area contributed by atoms with Crippen LogP contribution in [0.3, 0.4) is 0 Å². The van der Waals surface area contributed by atoms with Crippen molar-refractivity contribution in [1.29, 1.82) is 0 Å². The van der Waals surface area contributed by atoms with E-state index in [2.05, 4.69) is 24.8 Å². The van der Waals surface area contributed by atoms with Crippen LogP contribution < -0.4 is 15.5 Å². The molecule has 3 heterocycles. The predicted molar refractivity (Wildman–Crippen MR) is 86.6 cm³/mol. The summed E-state index contributed by atoms with van der Waals surface area (Å²) in [6.07, 6.45) is 3.51. The third kappa shape index (κ3) is 3.08. The van der Waals surface area contributed by atoms with Crippen LogP contribution >= 0.6 is 12.2 Å². The van der Waals surface area contributed by atoms with Crippen LogP contribution in [0.2, 0.25) is 0 Å². The van der Waals surface area contributed by atoms with Crippen LogP contribution in [0, 0.1) is 0 Å². The summed E-state index contributed by atoms with van der Waals surface area (Å²) in [7, 11) is 0. The van der Waals surface area contributed by atoms with E-state index in [1.54, 1.807) is 12.3 Å². The molecular weight excluding hydrogens is 284 g/mol. The van der Waals surface area contributed by atoms with Crippen molar-refractivity contribution < 1.29 is 0 Å². The van der Waals surface area contributed by atoms with Gasteiger partial charge in [0, 0.05) is 38.6 Å². The Hall–Kier alpha value is -2.28. The lowest BCUT2D eigenvalue weighted by molar-refractivity contribution is 0.634. The Kier molecular flexibility index (Phi) is 3.92. The molecule has 0 atom stereocenters. The highest BCUT2D eigenvalue weighted by molar-refractivity contribution is 7.80. The van der Waals surface area contributed by atoms with Gasteiger partial charge in [-0.2, -0.15) is 0 Å². The zero-order valence-corrected chi connectivity index (χ0v) is 12.3. The summed E-state index contributed by atoms with van der Waals surface area (Å²) in [6.45, 7) is 3.46. The van der Waals surface area contributed by atoms with Gasteiger partial charge in [0.2, 0.25) is 5.95 Å². The number of thiocarbonyl (C=S) groups is 1. The first kappa shape index (κ1) is 13.7. The van der Waals surface area contributed by atoms with Gasteiger partial charge in [-0.15, -0.1) is 0 Å². The molecule has 0 saturated carbocycles. The smallest absolute Gasteiger partial charge is 0.226 e. The minimum absolute atomic E-state index is 0.297. The average molecular weight is 300 g/mol. The standard InChI is InChI=1S/C14H16N6S/c15-13(21)11-4-6-17-14(18-11)20-9-7-19(8-10-20)12-3-1-2-5-16-12/h1-6H,7-10H2,(H2,15,21). The molecular formula is C14H16N6S. The van der Waals surface area contributed by atoms with E-state index in [4.69, 9.17) is 18.0 Å². The lowest BCUT2D eigenvalue weighted by Crippen LogP contribution is -2.47. The molecule has 21 heavy (non-hydrogen) atoms. The fraction of sp³-hybridized carbons (Fsp3) is 0.286. The van der Waals surface area contributed by atoms with E-state index in [1.807, 2.05) is 24.4 Å². The van der Waals surface area contributed by atoms with Crippen LogP contribution in [-0.4, -0.2) is 46.1 Å². The zero-order valence-electron chi connectivity index (χ0n) is 11.5. The second-order valence-corrected chi connectivity index (χ2v) is 5.21. The predicted octanol–water partition coefficient (Wildman–Crippen LogP) is 0.832. The fourth-order valence-electron chi connectivity index (χ4n) is 2.31. The summed E-state index contributed by atoms with van der Waals surface area (Å²) < 4.78 is 0. The van der Waals surface area contributed by atoms with Crippen LogP contribution in [0.1, 0.15) is 5.69 Å². The number of nitrogens with zero attached hydrogens (tertiary/aromatic N) is 5. The number of nitrogens with two attached hydrogens (primary N) is 1. The van der Waals surface area contributed by atoms with Gasteiger partial charge in [-0.1, -0.05) is 18.3 Å². The van der Waals surface area contributed by atoms with Crippen LogP contribution in [0.4, 0.5) is 11.8 Å². The molecule has 1 saturated heterocycles. The molecule has 2 aromatic rings. The molecule has 0 bridgehead atoms. The van der Waals surface area contributed by atoms with Crippen LogP contribution in [0.15, 0.2) is 36.7 Å². The minimum atomic E-state index is 0.297. The maximum atomic E-state index is 5.62. The van der Waals surface area contributed by atoms with E-state index in [0.717, 1.165) is 32.0 Å². The third-order valence-electron chi connectivity index (χ3n) is 3.43. The van der Waals surface area contributed by atoms with Crippen molar-refractivity contribution in [2.24, 2.45) is 5.73 Å². The highest BCUT2D eigenvalue weighted by Crippen LogP contribution is 2.15. The number of anilines is 2. The molecule has 0 unspecified atom stereocenters. The highest BCUT2D eigenvalue weighted by atomic mass is 32.1. The van der Waals surface area contributed by atoms with Crippen molar-refractivity contribution in [3.63, 3.8) is 0 Å². The summed E-state index contributed by atoms with van der Waals surface area (Å²) in [4.78, 5) is 17.8. The molecule has 1 aliphatic heterocycles. The molecule has 0 amide bonds. The summed E-state index contributed by atoms with van der Waals surface area (Å²) >= 11 is 4.96. The lowest BCUT2D eigenvalue weighted by atomic mass is 10.3. The number of piperazine rings is 1. The summed E-state index contributed by atoms with van der Waals surface area (Å²) in [5.41, 5.74) is 6.23. The van der Waals surface area contributed by atoms with Gasteiger partial charge in [0.05, 0.1) is 0 Å². The van der Waals surface area contributed by atoms with E-state index in [9.17, 15) is 0 Å². The molecule has 0 spiro atoms. The monoisotopic (exact) mass is 300 g/mol. The van der Waals surface area contributed by atoms with Gasteiger partial charge in [0.25, 0.3) is 0 Å². The first-order chi connectivity index (χ1) is 10.2. The molecule has 0 radical (unpaired) electrons. The molecule has 2 aromatic heterocycles. The average Bonchev–Trinajstić information content (AvgIpc) is 2.56. The molecule has 1 aliphatic rings. The minimum Gasteiger partial charge on any atom is -0.388 e. The van der Waals surface area contributed by atoms with Crippen LogP contribution in [-0.2, 0) is 0 Å². The van der Waals surface area contributed by atoms with Gasteiger partial charge < -0.3 is 15.5 Å². The van der Waals surface area contributed by atoms with E-state index in [0.29, 0.717) is 16.6 Å². The summed E-state index contributed by atoms with van der Waals surface area (Å²) in [5, 5.41) is 0. The molecule has 108 valence electrons. The Morgan fingerprint density at radius 3 is 2.43 bits per heavy atom. The fourth-order valence-corrected chi connectivity index (χ4v) is 2.43. The number of hydrogen-bond donors (Lipinski definition) is 1. The van der Waals surface area contributed by atoms with Crippen LogP contribution in [0.25, 0.3) is 0 Å². The molecule has 7 heteroatoms. The van der Waals surface area contributed by atoms with Crippen molar-refractivity contribution in [2.45, 2.75) is 0 Å². The maximum absolute atomic E-state index is 5.62. The molecule has 3 rings (SSSR count). The van der Waals surface area contributed by atoms with Crippen molar-refractivity contribution in [1.82, 2.24) is 15.0 Å². The number of aromatic nitrogens is 3. The Morgan fingerprint density at radius 2 is 1.76 bits per heavy atom. The molecule has 0 aromatic carbocycles. The van der Waals surface area contributed by atoms with Gasteiger partial charge in [0.1, 0.15) is 16.5 Å². The second-order valence-electron chi connectivity index (χ2n) is 4.77. The third-order valence-corrected chi connectivity index (χ3v) is 3.64. The van der Waals surface area contributed by atoms with E-state index >= 15 is 0 Å². The lowest BCUT2D eigenvalue weighted by Gasteiger charge is -2.35. The van der Waals surface area contributed by atoms with Crippen LogP contribution in [0.5, 0.6) is 0 Å². The van der Waals surface area contributed by atoms with Crippen molar-refractivity contribution >= 4 is 29.0 Å². The van der Waals surface area contributed by atoms with Gasteiger partial charge >= 0.3 is 0 Å². The van der Waals surface area contributed by atoms with Crippen molar-refractivity contribution in [3.05, 3.63) is 42.4 Å². The first-order valence-electron chi connectivity index (χ1n) is 6.78. The highest BCUT2D eigenvalue weighted by Gasteiger charge is 2.20. The molecule has 0 aliphatic carbocycles. The zero-order chi connectivity index (χ0) is 14.7. The Labute approximate surface area is 128 Å². The number of rotatable bonds is 3. The number of hydrogen-bond acceptors (Lipinski definition) is 6. The van der Waals surface area contributed by atoms with E-state index in [1.165, 1.54) is 0 Å². The van der Waals surface area contributed by atoms with Gasteiger partial charge in [0.15, 0.2) is 0 Å². The summed E-state index contributed by atoms with van der Waals surface area (Å²) in [6, 6.07) is 7.69. The van der Waals surface area contributed by atoms with Gasteiger partial charge in [-0.05, 0) is 18.2 Å². The Morgan fingerprint density at radius 1 is 1.00 bits per heavy atom. The molecule has 1 fully saturated rings. The summed E-state index contributed by atoms with van der Waals surface area (Å²) in [5.74, 6) is 1.69. The van der Waals surface area contributed by atoms with Crippen molar-refractivity contribution in [3.8, 4) is 0 Å². The maximum Gasteiger partial charge on any atom is 0.226 e. The SMILES string of the molecule is NC(=S)c1ccnc(N2CCN(c3ccccn3)CC2)n1. The molecule has 2 N–H and O–H groups in total. The van der Waals surface area contributed by atoms with E-state index in [-0.39, 0.29) is 0 Å². The molecule has 6 nitrogen and oxygen atoms in total. The number of pyridine rings is 1. The van der Waals surface area contributed by atoms with Crippen molar-refractivity contribution in [2.75, 3.05) is 36.0 Å².